The van der Waals surface area contributed by atoms with E-state index in [-0.39, 0.29) is 11.7 Å². The molecule has 0 radical (unpaired) electrons. The number of hydrogen-bond acceptors (Lipinski definition) is 4. The number of nitrogens with zero attached hydrogens (tertiary/aromatic N) is 2. The molecule has 24 heavy (non-hydrogen) atoms. The number of aromatic amines is 1. The molecular weight excluding hydrogens is 347 g/mol. The molecule has 5 nitrogen and oxygen atoms in total. The van der Waals surface area contributed by atoms with E-state index in [1.54, 1.807) is 23.6 Å². The lowest BCUT2D eigenvalue weighted by Gasteiger charge is -2.15. The van der Waals surface area contributed by atoms with Crippen molar-refractivity contribution in [3.63, 3.8) is 0 Å². The molecule has 2 aromatic heterocycles. The topological polar surface area (TPSA) is 62.7 Å². The Morgan fingerprint density at radius 1 is 1.42 bits per heavy atom. The summed E-state index contributed by atoms with van der Waals surface area (Å²) in [5, 5.41) is 11.7. The van der Waals surface area contributed by atoms with Crippen molar-refractivity contribution in [2.24, 2.45) is 0 Å². The van der Waals surface area contributed by atoms with E-state index in [1.165, 1.54) is 23.5 Å². The second-order valence-electron chi connectivity index (χ2n) is 5.22. The molecule has 3 rings (SSSR count). The second-order valence-corrected chi connectivity index (χ2v) is 6.55. The Balaban J connectivity index is 1.75. The van der Waals surface area contributed by atoms with Gasteiger partial charge in [-0.3, -0.25) is 14.5 Å². The zero-order chi connectivity index (χ0) is 17.1. The van der Waals surface area contributed by atoms with Crippen molar-refractivity contribution in [1.82, 2.24) is 20.1 Å². The number of H-pyrrole nitrogens is 1. The lowest BCUT2D eigenvalue weighted by Crippen LogP contribution is -2.31. The van der Waals surface area contributed by atoms with E-state index in [9.17, 15) is 9.18 Å². The molecule has 8 heteroatoms. The number of carbonyl (C=O) groups excluding carboxylic acids is 1. The van der Waals surface area contributed by atoms with Gasteiger partial charge < -0.3 is 5.32 Å². The van der Waals surface area contributed by atoms with Crippen LogP contribution in [0.2, 0.25) is 0 Å². The molecule has 1 aromatic carbocycles. The minimum atomic E-state index is -0.520. The van der Waals surface area contributed by atoms with Gasteiger partial charge in [0, 0.05) is 6.54 Å². The summed E-state index contributed by atoms with van der Waals surface area (Å²) in [6.45, 7) is 2.09. The fourth-order valence-corrected chi connectivity index (χ4v) is 3.30. The van der Waals surface area contributed by atoms with Crippen LogP contribution in [0.3, 0.4) is 0 Å². The predicted molar refractivity (Wildman–Crippen MR) is 93.7 cm³/mol. The highest BCUT2D eigenvalue weighted by Crippen LogP contribution is 2.25. The van der Waals surface area contributed by atoms with Crippen molar-refractivity contribution >= 4 is 29.5 Å². The van der Waals surface area contributed by atoms with Gasteiger partial charge in [-0.05, 0) is 48.3 Å². The molecule has 0 aliphatic rings. The van der Waals surface area contributed by atoms with E-state index >= 15 is 0 Å². The van der Waals surface area contributed by atoms with Gasteiger partial charge >= 0.3 is 0 Å². The molecule has 124 valence electrons. The van der Waals surface area contributed by atoms with Gasteiger partial charge in [-0.15, -0.1) is 11.3 Å². The van der Waals surface area contributed by atoms with Gasteiger partial charge in [-0.25, -0.2) is 4.39 Å². The van der Waals surface area contributed by atoms with Gasteiger partial charge in [0.15, 0.2) is 10.6 Å². The van der Waals surface area contributed by atoms with Gasteiger partial charge in [0.2, 0.25) is 5.91 Å². The summed E-state index contributed by atoms with van der Waals surface area (Å²) in [6.07, 6.45) is 0. The maximum atomic E-state index is 12.9. The van der Waals surface area contributed by atoms with Gasteiger partial charge in [0.25, 0.3) is 0 Å². The molecule has 2 N–H and O–H groups in total. The molecule has 2 heterocycles. The first-order valence-electron chi connectivity index (χ1n) is 7.29. The first kappa shape index (κ1) is 16.5. The molecule has 1 amide bonds. The molecule has 0 aliphatic carbocycles. The minimum Gasteiger partial charge on any atom is -0.350 e. The summed E-state index contributed by atoms with van der Waals surface area (Å²) in [6, 6.07) is 9.34. The van der Waals surface area contributed by atoms with Crippen LogP contribution in [-0.2, 0) is 11.3 Å². The molecule has 0 aliphatic heterocycles. The van der Waals surface area contributed by atoms with E-state index < -0.39 is 6.04 Å². The number of halogens is 1. The van der Waals surface area contributed by atoms with Crippen LogP contribution in [0.15, 0.2) is 41.8 Å². The standard InChI is InChI=1S/C16H15FN4OS2/c1-10(15(22)18-9-11-4-6-12(17)7-5-11)21-14(19-20-16(21)23)13-3-2-8-24-13/h2-8,10H,9H2,1H3,(H,18,22)(H,20,23)/t10-/m0/s1. The predicted octanol–water partition coefficient (Wildman–Crippen LogP) is 3.69. The summed E-state index contributed by atoms with van der Waals surface area (Å²) < 4.78 is 15.0. The normalized spacial score (nSPS) is 12.1. The number of benzene rings is 1. The molecule has 0 saturated carbocycles. The van der Waals surface area contributed by atoms with Crippen molar-refractivity contribution in [3.8, 4) is 10.7 Å². The number of amides is 1. The zero-order valence-corrected chi connectivity index (χ0v) is 14.5. The summed E-state index contributed by atoms with van der Waals surface area (Å²) in [7, 11) is 0. The van der Waals surface area contributed by atoms with E-state index in [0.29, 0.717) is 17.1 Å². The number of thiophene rings is 1. The molecule has 0 unspecified atom stereocenters. The number of carbonyl (C=O) groups is 1. The molecule has 1 atom stereocenters. The number of aromatic nitrogens is 3. The van der Waals surface area contributed by atoms with Crippen LogP contribution in [0, 0.1) is 10.6 Å². The van der Waals surface area contributed by atoms with Gasteiger partial charge in [0.1, 0.15) is 11.9 Å². The van der Waals surface area contributed by atoms with Gasteiger partial charge in [-0.2, -0.15) is 5.10 Å². The lowest BCUT2D eigenvalue weighted by atomic mass is 10.2. The maximum Gasteiger partial charge on any atom is 0.243 e. The molecule has 0 saturated heterocycles. The Bertz CT molecular complexity index is 884. The average molecular weight is 362 g/mol. The Kier molecular flexibility index (Phi) is 4.86. The first-order valence-corrected chi connectivity index (χ1v) is 8.58. The molecular formula is C16H15FN4OS2. The Morgan fingerprint density at radius 3 is 2.83 bits per heavy atom. The molecule has 0 fully saturated rings. The summed E-state index contributed by atoms with van der Waals surface area (Å²) in [5.41, 5.74) is 0.825. The second kappa shape index (κ2) is 7.06. The van der Waals surface area contributed by atoms with Crippen molar-refractivity contribution in [2.45, 2.75) is 19.5 Å². The van der Waals surface area contributed by atoms with Crippen LogP contribution in [0.1, 0.15) is 18.5 Å². The number of nitrogens with one attached hydrogen (secondary N) is 2. The van der Waals surface area contributed by atoms with Crippen LogP contribution < -0.4 is 5.32 Å². The van der Waals surface area contributed by atoms with Crippen LogP contribution in [0.4, 0.5) is 4.39 Å². The average Bonchev–Trinajstić information content (AvgIpc) is 3.22. The molecule has 3 aromatic rings. The first-order chi connectivity index (χ1) is 11.6. The smallest absolute Gasteiger partial charge is 0.243 e. The summed E-state index contributed by atoms with van der Waals surface area (Å²) in [4.78, 5) is 13.4. The molecule has 0 spiro atoms. The van der Waals surface area contributed by atoms with Crippen LogP contribution in [-0.4, -0.2) is 20.7 Å². The third-order valence-electron chi connectivity index (χ3n) is 3.59. The Labute approximate surface area is 147 Å². The highest BCUT2D eigenvalue weighted by molar-refractivity contribution is 7.71. The van der Waals surface area contributed by atoms with Gasteiger partial charge in [-0.1, -0.05) is 18.2 Å². The van der Waals surface area contributed by atoms with Crippen molar-refractivity contribution in [1.29, 1.82) is 0 Å². The van der Waals surface area contributed by atoms with Crippen LogP contribution >= 0.6 is 23.6 Å². The summed E-state index contributed by atoms with van der Waals surface area (Å²) >= 11 is 6.79. The van der Waals surface area contributed by atoms with Crippen molar-refractivity contribution in [3.05, 3.63) is 57.9 Å². The highest BCUT2D eigenvalue weighted by Gasteiger charge is 2.21. The SMILES string of the molecule is C[C@@H](C(=O)NCc1ccc(F)cc1)n1c(-c2cccs2)n[nH]c1=S. The fourth-order valence-electron chi connectivity index (χ4n) is 2.30. The number of rotatable bonds is 5. The van der Waals surface area contributed by atoms with E-state index in [0.717, 1.165) is 10.4 Å². The Morgan fingerprint density at radius 2 is 2.17 bits per heavy atom. The monoisotopic (exact) mass is 362 g/mol. The van der Waals surface area contributed by atoms with E-state index in [4.69, 9.17) is 12.2 Å². The zero-order valence-electron chi connectivity index (χ0n) is 12.8. The highest BCUT2D eigenvalue weighted by atomic mass is 32.1. The minimum absolute atomic E-state index is 0.186. The van der Waals surface area contributed by atoms with Crippen molar-refractivity contribution in [2.75, 3.05) is 0 Å². The third-order valence-corrected chi connectivity index (χ3v) is 4.75. The lowest BCUT2D eigenvalue weighted by molar-refractivity contribution is -0.124. The van der Waals surface area contributed by atoms with Crippen molar-refractivity contribution < 1.29 is 9.18 Å². The quantitative estimate of drug-likeness (QED) is 0.681. The van der Waals surface area contributed by atoms with Gasteiger partial charge in [0.05, 0.1) is 4.88 Å². The fraction of sp³-hybridized carbons (Fsp3) is 0.188. The number of hydrogen-bond donors (Lipinski definition) is 2. The van der Waals surface area contributed by atoms with Crippen LogP contribution in [0.25, 0.3) is 10.7 Å². The Hall–Kier alpha value is -2.32. The largest absolute Gasteiger partial charge is 0.350 e. The summed E-state index contributed by atoms with van der Waals surface area (Å²) in [5.74, 6) is 0.151. The molecule has 0 bridgehead atoms. The van der Waals surface area contributed by atoms with E-state index in [2.05, 4.69) is 15.5 Å². The van der Waals surface area contributed by atoms with Crippen LogP contribution in [0.5, 0.6) is 0 Å². The van der Waals surface area contributed by atoms with E-state index in [1.807, 2.05) is 17.5 Å². The maximum absolute atomic E-state index is 12.9. The third kappa shape index (κ3) is 3.44.